The Morgan fingerprint density at radius 2 is 1.71 bits per heavy atom. The van der Waals surface area contributed by atoms with Crippen LogP contribution in [-0.4, -0.2) is 7.11 Å². The highest BCUT2D eigenvalue weighted by Gasteiger charge is 2.05. The Balaban J connectivity index is 2.22. The van der Waals surface area contributed by atoms with Crippen LogP contribution >= 0.6 is 0 Å². The second-order valence-electron chi connectivity index (χ2n) is 3.63. The molecule has 0 amide bonds. The van der Waals surface area contributed by atoms with E-state index >= 15 is 0 Å². The zero-order chi connectivity index (χ0) is 12.3. The van der Waals surface area contributed by atoms with E-state index in [0.29, 0.717) is 16.2 Å². The minimum atomic E-state index is 0.549. The predicted molar refractivity (Wildman–Crippen MR) is 63.2 cm³/mol. The minimum absolute atomic E-state index is 0.549. The van der Waals surface area contributed by atoms with Gasteiger partial charge in [-0.1, -0.05) is 0 Å². The first-order chi connectivity index (χ1) is 8.19. The summed E-state index contributed by atoms with van der Waals surface area (Å²) in [7, 11) is 1.61. The van der Waals surface area contributed by atoms with Gasteiger partial charge in [-0.3, -0.25) is 0 Å². The molecule has 88 valence electrons. The molecule has 0 aliphatic rings. The fourth-order valence-corrected chi connectivity index (χ4v) is 1.41. The molecule has 4 nitrogen and oxygen atoms in total. The van der Waals surface area contributed by atoms with E-state index < -0.39 is 0 Å². The van der Waals surface area contributed by atoms with Crippen molar-refractivity contribution >= 4 is 0 Å². The molecule has 17 heavy (non-hydrogen) atoms. The van der Waals surface area contributed by atoms with Crippen molar-refractivity contribution in [3.8, 4) is 17.2 Å². The maximum atomic E-state index is 11.1. The molecule has 0 radical (unpaired) electrons. The highest BCUT2D eigenvalue weighted by molar-refractivity contribution is 5.36. The van der Waals surface area contributed by atoms with Gasteiger partial charge in [-0.05, 0) is 31.2 Å². The molecule has 1 aromatic carbocycles. The lowest BCUT2D eigenvalue weighted by Crippen LogP contribution is -2.24. The highest BCUT2D eigenvalue weighted by Crippen LogP contribution is 2.24. The van der Waals surface area contributed by atoms with Crippen LogP contribution in [0.3, 0.4) is 0 Å². The standard InChI is InChI=1S/C13H13NO3/c1-10-7-8-14(15)9-13(10)17-12-5-3-11(16-2)4-6-12/h3-9H,1-2H3. The van der Waals surface area contributed by atoms with Crippen molar-refractivity contribution in [2.75, 3.05) is 7.11 Å². The average molecular weight is 231 g/mol. The number of hydrogen-bond acceptors (Lipinski definition) is 3. The third-order valence-electron chi connectivity index (χ3n) is 2.39. The van der Waals surface area contributed by atoms with Gasteiger partial charge in [-0.25, -0.2) is 0 Å². The van der Waals surface area contributed by atoms with Crippen LogP contribution in [0, 0.1) is 12.1 Å². The summed E-state index contributed by atoms with van der Waals surface area (Å²) in [5.74, 6) is 1.98. The van der Waals surface area contributed by atoms with Gasteiger partial charge >= 0.3 is 0 Å². The molecule has 0 aliphatic carbocycles. The Bertz CT molecular complexity index is 509. The topological polar surface area (TPSA) is 45.4 Å². The SMILES string of the molecule is COc1ccc(Oc2c[n+]([O-])ccc2C)cc1. The van der Waals surface area contributed by atoms with Crippen LogP contribution in [0.5, 0.6) is 17.2 Å². The number of ether oxygens (including phenoxy) is 2. The quantitative estimate of drug-likeness (QED) is 0.602. The van der Waals surface area contributed by atoms with Crippen molar-refractivity contribution < 1.29 is 14.2 Å². The molecule has 0 aliphatic heterocycles. The molecule has 2 rings (SSSR count). The number of aryl methyl sites for hydroxylation is 1. The van der Waals surface area contributed by atoms with E-state index in [4.69, 9.17) is 9.47 Å². The van der Waals surface area contributed by atoms with Gasteiger partial charge in [0.05, 0.1) is 7.11 Å². The van der Waals surface area contributed by atoms with Gasteiger partial charge in [0.2, 0.25) is 6.20 Å². The first-order valence-corrected chi connectivity index (χ1v) is 5.20. The van der Waals surface area contributed by atoms with Crippen LogP contribution in [0.2, 0.25) is 0 Å². The van der Waals surface area contributed by atoms with Crippen molar-refractivity contribution in [1.29, 1.82) is 0 Å². The number of hydrogen-bond donors (Lipinski definition) is 0. The zero-order valence-electron chi connectivity index (χ0n) is 9.71. The number of rotatable bonds is 3. The maximum absolute atomic E-state index is 11.1. The van der Waals surface area contributed by atoms with Crippen molar-refractivity contribution in [3.05, 3.63) is 53.5 Å². The second-order valence-corrected chi connectivity index (χ2v) is 3.63. The summed E-state index contributed by atoms with van der Waals surface area (Å²) in [6, 6.07) is 8.91. The number of pyridine rings is 1. The molecular formula is C13H13NO3. The van der Waals surface area contributed by atoms with Crippen molar-refractivity contribution in [2.24, 2.45) is 0 Å². The van der Waals surface area contributed by atoms with Gasteiger partial charge < -0.3 is 14.7 Å². The number of methoxy groups -OCH3 is 1. The van der Waals surface area contributed by atoms with Gasteiger partial charge in [0.1, 0.15) is 11.5 Å². The molecule has 0 unspecified atom stereocenters. The largest absolute Gasteiger partial charge is 0.619 e. The van der Waals surface area contributed by atoms with Gasteiger partial charge in [-0.2, -0.15) is 4.73 Å². The summed E-state index contributed by atoms with van der Waals surface area (Å²) in [5.41, 5.74) is 0.910. The maximum Gasteiger partial charge on any atom is 0.223 e. The van der Waals surface area contributed by atoms with Gasteiger partial charge in [0.25, 0.3) is 0 Å². The van der Waals surface area contributed by atoms with E-state index in [1.54, 1.807) is 37.4 Å². The monoisotopic (exact) mass is 231 g/mol. The fourth-order valence-electron chi connectivity index (χ4n) is 1.41. The van der Waals surface area contributed by atoms with Gasteiger partial charge in [-0.15, -0.1) is 0 Å². The molecule has 4 heteroatoms. The third kappa shape index (κ3) is 2.66. The van der Waals surface area contributed by atoms with Crippen molar-refractivity contribution in [3.63, 3.8) is 0 Å². The van der Waals surface area contributed by atoms with E-state index in [-0.39, 0.29) is 0 Å². The normalized spacial score (nSPS) is 10.0. The predicted octanol–water partition coefficient (Wildman–Crippen LogP) is 2.43. The summed E-state index contributed by atoms with van der Waals surface area (Å²) in [4.78, 5) is 0. The Morgan fingerprint density at radius 1 is 1.06 bits per heavy atom. The Hall–Kier alpha value is -2.23. The molecule has 0 fully saturated rings. The van der Waals surface area contributed by atoms with Crippen LogP contribution in [0.4, 0.5) is 0 Å². The first kappa shape index (κ1) is 11.3. The lowest BCUT2D eigenvalue weighted by molar-refractivity contribution is -0.605. The van der Waals surface area contributed by atoms with E-state index in [9.17, 15) is 5.21 Å². The molecule has 1 heterocycles. The number of aromatic nitrogens is 1. The summed E-state index contributed by atoms with van der Waals surface area (Å²) in [5, 5.41) is 11.1. The van der Waals surface area contributed by atoms with Gasteiger partial charge in [0, 0.05) is 11.6 Å². The molecule has 0 saturated carbocycles. The molecule has 0 spiro atoms. The summed E-state index contributed by atoms with van der Waals surface area (Å²) in [6.07, 6.45) is 2.84. The van der Waals surface area contributed by atoms with E-state index in [2.05, 4.69) is 0 Å². The van der Waals surface area contributed by atoms with E-state index in [1.807, 2.05) is 6.92 Å². The fraction of sp³-hybridized carbons (Fsp3) is 0.154. The molecule has 1 aromatic heterocycles. The van der Waals surface area contributed by atoms with Crippen LogP contribution in [0.25, 0.3) is 0 Å². The molecular weight excluding hydrogens is 218 g/mol. The van der Waals surface area contributed by atoms with Crippen molar-refractivity contribution in [1.82, 2.24) is 0 Å². The average Bonchev–Trinajstić information content (AvgIpc) is 2.35. The molecule has 2 aromatic rings. The van der Waals surface area contributed by atoms with Crippen molar-refractivity contribution in [2.45, 2.75) is 6.92 Å². The van der Waals surface area contributed by atoms with Crippen LogP contribution in [-0.2, 0) is 0 Å². The molecule has 0 saturated heterocycles. The minimum Gasteiger partial charge on any atom is -0.619 e. The van der Waals surface area contributed by atoms with Gasteiger partial charge in [0.15, 0.2) is 11.9 Å². The summed E-state index contributed by atoms with van der Waals surface area (Å²) in [6.45, 7) is 1.89. The lowest BCUT2D eigenvalue weighted by atomic mass is 10.3. The van der Waals surface area contributed by atoms with Crippen LogP contribution in [0.15, 0.2) is 42.7 Å². The number of nitrogens with zero attached hydrogens (tertiary/aromatic N) is 1. The Labute approximate surface area is 99.6 Å². The Kier molecular flexibility index (Phi) is 3.14. The summed E-state index contributed by atoms with van der Waals surface area (Å²) < 4.78 is 11.4. The molecule has 0 bridgehead atoms. The lowest BCUT2D eigenvalue weighted by Gasteiger charge is -2.08. The smallest absolute Gasteiger partial charge is 0.223 e. The second kappa shape index (κ2) is 4.74. The highest BCUT2D eigenvalue weighted by atomic mass is 16.5. The molecule has 0 N–H and O–H groups in total. The van der Waals surface area contributed by atoms with E-state index in [0.717, 1.165) is 11.3 Å². The van der Waals surface area contributed by atoms with Crippen LogP contribution in [0.1, 0.15) is 5.56 Å². The summed E-state index contributed by atoms with van der Waals surface area (Å²) >= 11 is 0. The zero-order valence-corrected chi connectivity index (χ0v) is 9.71. The Morgan fingerprint density at radius 3 is 2.35 bits per heavy atom. The third-order valence-corrected chi connectivity index (χ3v) is 2.39. The first-order valence-electron chi connectivity index (χ1n) is 5.20. The van der Waals surface area contributed by atoms with Crippen LogP contribution < -0.4 is 14.2 Å². The van der Waals surface area contributed by atoms with E-state index in [1.165, 1.54) is 12.4 Å². The molecule has 0 atom stereocenters. The number of benzene rings is 1.